The molecule has 1 heterocycles. The fourth-order valence-electron chi connectivity index (χ4n) is 5.30. The van der Waals surface area contributed by atoms with Crippen LogP contribution >= 0.6 is 27.3 Å². The van der Waals surface area contributed by atoms with Crippen LogP contribution in [0, 0.1) is 23.2 Å². The predicted molar refractivity (Wildman–Crippen MR) is 85.0 cm³/mol. The van der Waals surface area contributed by atoms with E-state index in [1.807, 2.05) is 12.1 Å². The van der Waals surface area contributed by atoms with E-state index < -0.39 is 0 Å². The number of carbonyl (C=O) groups excluding carboxylic acids is 1. The second-order valence-corrected chi connectivity index (χ2v) is 9.67. The molecule has 0 spiro atoms. The summed E-state index contributed by atoms with van der Waals surface area (Å²) in [5.74, 6) is 2.97. The molecular weight excluding hydrogens is 334 g/mol. The minimum Gasteiger partial charge on any atom is -0.351 e. The van der Waals surface area contributed by atoms with Gasteiger partial charge in [-0.25, -0.2) is 0 Å². The summed E-state index contributed by atoms with van der Waals surface area (Å²) >= 11 is 4.94. The van der Waals surface area contributed by atoms with Crippen molar-refractivity contribution in [3.63, 3.8) is 0 Å². The molecule has 4 heteroatoms. The highest BCUT2D eigenvalue weighted by atomic mass is 79.9. The minimum absolute atomic E-state index is 0.108. The molecule has 4 aliphatic carbocycles. The van der Waals surface area contributed by atoms with Crippen molar-refractivity contribution in [2.75, 3.05) is 6.54 Å². The maximum atomic E-state index is 12.2. The van der Waals surface area contributed by atoms with Gasteiger partial charge in [0.15, 0.2) is 0 Å². The maximum absolute atomic E-state index is 12.2. The van der Waals surface area contributed by atoms with Crippen LogP contribution in [0.3, 0.4) is 0 Å². The second-order valence-electron chi connectivity index (χ2n) is 7.20. The van der Waals surface area contributed by atoms with Crippen molar-refractivity contribution >= 4 is 33.2 Å². The van der Waals surface area contributed by atoms with Gasteiger partial charge >= 0.3 is 0 Å². The van der Waals surface area contributed by atoms with Crippen molar-refractivity contribution in [2.45, 2.75) is 38.5 Å². The lowest BCUT2D eigenvalue weighted by molar-refractivity contribution is -0.0503. The lowest BCUT2D eigenvalue weighted by atomic mass is 9.49. The lowest BCUT2D eigenvalue weighted by Gasteiger charge is -2.56. The molecule has 1 aromatic heterocycles. The average molecular weight is 354 g/mol. The predicted octanol–water partition coefficient (Wildman–Crippen LogP) is 4.46. The van der Waals surface area contributed by atoms with Crippen molar-refractivity contribution in [1.82, 2.24) is 5.32 Å². The zero-order valence-electron chi connectivity index (χ0n) is 11.5. The van der Waals surface area contributed by atoms with E-state index in [0.717, 1.165) is 33.0 Å². The van der Waals surface area contributed by atoms with Gasteiger partial charge in [-0.05, 0) is 89.8 Å². The SMILES string of the molecule is O=C(NCC12CC3CC(CC(C3)C1)C2)c1ccc(Br)s1. The van der Waals surface area contributed by atoms with E-state index in [1.165, 1.54) is 49.9 Å². The molecule has 108 valence electrons. The summed E-state index contributed by atoms with van der Waals surface area (Å²) in [4.78, 5) is 13.1. The third kappa shape index (κ3) is 2.35. The van der Waals surface area contributed by atoms with Gasteiger partial charge < -0.3 is 5.32 Å². The molecule has 0 aromatic carbocycles. The van der Waals surface area contributed by atoms with E-state index in [4.69, 9.17) is 0 Å². The van der Waals surface area contributed by atoms with E-state index >= 15 is 0 Å². The molecule has 0 saturated heterocycles. The summed E-state index contributed by atoms with van der Waals surface area (Å²) in [5.41, 5.74) is 0.429. The Bertz CT molecular complexity index is 503. The van der Waals surface area contributed by atoms with Gasteiger partial charge in [0, 0.05) is 6.54 Å². The number of hydrogen-bond donors (Lipinski definition) is 1. The second kappa shape index (κ2) is 4.84. The fraction of sp³-hybridized carbons (Fsp3) is 0.688. The number of hydrogen-bond acceptors (Lipinski definition) is 2. The molecule has 1 amide bonds. The number of thiophene rings is 1. The lowest BCUT2D eigenvalue weighted by Crippen LogP contribution is -2.51. The fourth-order valence-corrected chi connectivity index (χ4v) is 6.60. The van der Waals surface area contributed by atoms with Gasteiger partial charge in [-0.2, -0.15) is 0 Å². The summed E-state index contributed by atoms with van der Waals surface area (Å²) in [5, 5.41) is 3.22. The summed E-state index contributed by atoms with van der Waals surface area (Å²) in [6.45, 7) is 0.894. The molecule has 4 saturated carbocycles. The van der Waals surface area contributed by atoms with E-state index in [0.29, 0.717) is 5.41 Å². The molecule has 20 heavy (non-hydrogen) atoms. The van der Waals surface area contributed by atoms with Gasteiger partial charge in [0.2, 0.25) is 0 Å². The molecule has 4 fully saturated rings. The Balaban J connectivity index is 1.43. The Morgan fingerprint density at radius 3 is 2.30 bits per heavy atom. The first-order valence-corrected chi connectivity index (χ1v) is 9.26. The number of halogens is 1. The molecule has 5 rings (SSSR count). The third-order valence-electron chi connectivity index (χ3n) is 5.59. The Morgan fingerprint density at radius 1 is 1.20 bits per heavy atom. The van der Waals surface area contributed by atoms with E-state index in [9.17, 15) is 4.79 Å². The molecule has 1 N–H and O–H groups in total. The van der Waals surface area contributed by atoms with Crippen LogP contribution < -0.4 is 5.32 Å². The number of nitrogens with one attached hydrogen (secondary N) is 1. The normalized spacial score (nSPS) is 38.1. The largest absolute Gasteiger partial charge is 0.351 e. The van der Waals surface area contributed by atoms with Crippen LogP contribution in [-0.4, -0.2) is 12.5 Å². The topological polar surface area (TPSA) is 29.1 Å². The highest BCUT2D eigenvalue weighted by Crippen LogP contribution is 2.59. The number of carbonyl (C=O) groups is 1. The van der Waals surface area contributed by atoms with Crippen molar-refractivity contribution in [2.24, 2.45) is 23.2 Å². The average Bonchev–Trinajstić information content (AvgIpc) is 2.81. The van der Waals surface area contributed by atoms with Gasteiger partial charge in [-0.15, -0.1) is 11.3 Å². The summed E-state index contributed by atoms with van der Waals surface area (Å²) < 4.78 is 1.03. The van der Waals surface area contributed by atoms with Crippen LogP contribution in [0.25, 0.3) is 0 Å². The van der Waals surface area contributed by atoms with Crippen molar-refractivity contribution in [3.05, 3.63) is 20.8 Å². The zero-order chi connectivity index (χ0) is 13.7. The summed E-state index contributed by atoms with van der Waals surface area (Å²) in [6.07, 6.45) is 8.45. The van der Waals surface area contributed by atoms with Crippen molar-refractivity contribution < 1.29 is 4.79 Å². The Labute approximate surface area is 132 Å². The van der Waals surface area contributed by atoms with Crippen molar-refractivity contribution in [1.29, 1.82) is 0 Å². The van der Waals surface area contributed by atoms with E-state index in [1.54, 1.807) is 0 Å². The van der Waals surface area contributed by atoms with Crippen LogP contribution in [0.4, 0.5) is 0 Å². The molecular formula is C16H20BrNOS. The minimum atomic E-state index is 0.108. The Hall–Kier alpha value is -0.350. The van der Waals surface area contributed by atoms with Gasteiger partial charge in [-0.3, -0.25) is 4.79 Å². The van der Waals surface area contributed by atoms with Crippen LogP contribution in [-0.2, 0) is 0 Å². The van der Waals surface area contributed by atoms with E-state index in [-0.39, 0.29) is 5.91 Å². The highest BCUT2D eigenvalue weighted by molar-refractivity contribution is 9.11. The standard InChI is InChI=1S/C16H20BrNOS/c17-14-2-1-13(20-14)15(19)18-9-16-6-10-3-11(7-16)5-12(4-10)8-16/h1-2,10-12H,3-9H2,(H,18,19). The molecule has 0 aliphatic heterocycles. The quantitative estimate of drug-likeness (QED) is 0.853. The van der Waals surface area contributed by atoms with Crippen molar-refractivity contribution in [3.8, 4) is 0 Å². The molecule has 1 aromatic rings. The first-order chi connectivity index (χ1) is 9.62. The molecule has 0 unspecified atom stereocenters. The summed E-state index contributed by atoms with van der Waals surface area (Å²) in [7, 11) is 0. The zero-order valence-corrected chi connectivity index (χ0v) is 13.9. The van der Waals surface area contributed by atoms with E-state index in [2.05, 4.69) is 21.2 Å². The molecule has 4 bridgehead atoms. The van der Waals surface area contributed by atoms with Gasteiger partial charge in [-0.1, -0.05) is 0 Å². The Morgan fingerprint density at radius 2 is 1.80 bits per heavy atom. The highest BCUT2D eigenvalue weighted by Gasteiger charge is 2.50. The monoisotopic (exact) mass is 353 g/mol. The van der Waals surface area contributed by atoms with Crippen LogP contribution in [0.15, 0.2) is 15.9 Å². The maximum Gasteiger partial charge on any atom is 0.261 e. The smallest absolute Gasteiger partial charge is 0.261 e. The van der Waals surface area contributed by atoms with Gasteiger partial charge in [0.1, 0.15) is 0 Å². The van der Waals surface area contributed by atoms with Gasteiger partial charge in [0.25, 0.3) is 5.91 Å². The number of rotatable bonds is 3. The third-order valence-corrected chi connectivity index (χ3v) is 7.21. The van der Waals surface area contributed by atoms with Crippen LogP contribution in [0.2, 0.25) is 0 Å². The number of amides is 1. The Kier molecular flexibility index (Phi) is 3.22. The molecule has 0 atom stereocenters. The molecule has 4 aliphatic rings. The molecule has 0 radical (unpaired) electrons. The molecule has 2 nitrogen and oxygen atoms in total. The van der Waals surface area contributed by atoms with Crippen LogP contribution in [0.1, 0.15) is 48.2 Å². The van der Waals surface area contributed by atoms with Crippen LogP contribution in [0.5, 0.6) is 0 Å². The van der Waals surface area contributed by atoms with Gasteiger partial charge in [0.05, 0.1) is 8.66 Å². The first kappa shape index (κ1) is 13.3. The summed E-state index contributed by atoms with van der Waals surface area (Å²) in [6, 6.07) is 3.86. The first-order valence-electron chi connectivity index (χ1n) is 7.65.